The van der Waals surface area contributed by atoms with Crippen LogP contribution in [0.4, 0.5) is 18.9 Å². The molecule has 21 heavy (non-hydrogen) atoms. The molecule has 2 rings (SSSR count). The lowest BCUT2D eigenvalue weighted by Crippen LogP contribution is -2.35. The summed E-state index contributed by atoms with van der Waals surface area (Å²) in [5.41, 5.74) is 0.725. The van der Waals surface area contributed by atoms with E-state index in [1.807, 2.05) is 0 Å². The number of nitrogens with zero attached hydrogens (tertiary/aromatic N) is 3. The zero-order chi connectivity index (χ0) is 15.4. The van der Waals surface area contributed by atoms with Crippen LogP contribution < -0.4 is 4.90 Å². The lowest BCUT2D eigenvalue weighted by molar-refractivity contribution is 0.0940. The van der Waals surface area contributed by atoms with Gasteiger partial charge in [0.1, 0.15) is 11.5 Å². The molecule has 0 atom stereocenters. The van der Waals surface area contributed by atoms with Crippen molar-refractivity contribution < 1.29 is 18.0 Å². The minimum absolute atomic E-state index is 0.0504. The number of anilines is 1. The maximum atomic E-state index is 12.9. The van der Waals surface area contributed by atoms with Crippen LogP contribution in [0.3, 0.4) is 0 Å². The second-order valence-electron chi connectivity index (χ2n) is 4.33. The van der Waals surface area contributed by atoms with Gasteiger partial charge in [0.2, 0.25) is 0 Å². The molecule has 1 heterocycles. The minimum atomic E-state index is -2.72. The molecule has 0 aliphatic rings. The van der Waals surface area contributed by atoms with Crippen LogP contribution in [0.1, 0.15) is 16.2 Å². The van der Waals surface area contributed by atoms with Crippen molar-refractivity contribution in [1.82, 2.24) is 9.97 Å². The maximum absolute atomic E-state index is 12.9. The van der Waals surface area contributed by atoms with E-state index in [1.54, 1.807) is 6.92 Å². The van der Waals surface area contributed by atoms with Gasteiger partial charge in [0.15, 0.2) is 0 Å². The fourth-order valence-electron chi connectivity index (χ4n) is 1.71. The number of hydrogen-bond donors (Lipinski definition) is 0. The molecule has 0 aliphatic heterocycles. The van der Waals surface area contributed by atoms with Crippen molar-refractivity contribution in [3.05, 3.63) is 53.9 Å². The lowest BCUT2D eigenvalue weighted by Gasteiger charge is -2.22. The van der Waals surface area contributed by atoms with Gasteiger partial charge in [-0.2, -0.15) is 0 Å². The fourth-order valence-corrected chi connectivity index (χ4v) is 1.71. The molecule has 0 fully saturated rings. The number of halogens is 3. The van der Waals surface area contributed by atoms with Crippen LogP contribution in [-0.4, -0.2) is 28.8 Å². The number of aromatic nitrogens is 2. The Balaban J connectivity index is 2.33. The van der Waals surface area contributed by atoms with Crippen molar-refractivity contribution in [1.29, 1.82) is 0 Å². The standard InChI is InChI=1S/C14H12F3N3O/c1-9-6-19-12(7-18-9)14(21)20(8-13(16)17)11-4-2-10(15)3-5-11/h2-7,13H,8H2,1H3. The van der Waals surface area contributed by atoms with Gasteiger partial charge in [0.05, 0.1) is 18.4 Å². The van der Waals surface area contributed by atoms with Crippen LogP contribution in [0, 0.1) is 12.7 Å². The molecule has 110 valence electrons. The van der Waals surface area contributed by atoms with Crippen LogP contribution in [0.15, 0.2) is 36.7 Å². The summed E-state index contributed by atoms with van der Waals surface area (Å²) in [4.78, 5) is 20.9. The van der Waals surface area contributed by atoms with Gasteiger partial charge < -0.3 is 4.90 Å². The second-order valence-corrected chi connectivity index (χ2v) is 4.33. The highest BCUT2D eigenvalue weighted by Crippen LogP contribution is 2.18. The van der Waals surface area contributed by atoms with Gasteiger partial charge in [-0.25, -0.2) is 18.2 Å². The molecule has 0 spiro atoms. The third kappa shape index (κ3) is 3.77. The number of carbonyl (C=O) groups is 1. The Bertz CT molecular complexity index is 614. The van der Waals surface area contributed by atoms with Crippen molar-refractivity contribution >= 4 is 11.6 Å². The first-order valence-electron chi connectivity index (χ1n) is 6.11. The molecule has 0 radical (unpaired) electrons. The SMILES string of the molecule is Cc1cnc(C(=O)N(CC(F)F)c2ccc(F)cc2)cn1. The van der Waals surface area contributed by atoms with E-state index >= 15 is 0 Å². The highest BCUT2D eigenvalue weighted by molar-refractivity contribution is 6.04. The Morgan fingerprint density at radius 1 is 1.19 bits per heavy atom. The number of amides is 1. The molecular weight excluding hydrogens is 283 g/mol. The van der Waals surface area contributed by atoms with Crippen LogP contribution in [0.5, 0.6) is 0 Å². The average molecular weight is 295 g/mol. The van der Waals surface area contributed by atoms with Crippen LogP contribution in [-0.2, 0) is 0 Å². The molecule has 1 amide bonds. The summed E-state index contributed by atoms with van der Waals surface area (Å²) in [5.74, 6) is -1.23. The molecule has 1 aromatic carbocycles. The average Bonchev–Trinajstić information content (AvgIpc) is 2.46. The third-order valence-corrected chi connectivity index (χ3v) is 2.70. The zero-order valence-corrected chi connectivity index (χ0v) is 11.1. The Morgan fingerprint density at radius 2 is 1.86 bits per heavy atom. The number of carbonyl (C=O) groups excluding carboxylic acids is 1. The van der Waals surface area contributed by atoms with Crippen molar-refractivity contribution in [3.63, 3.8) is 0 Å². The Hall–Kier alpha value is -2.44. The molecule has 0 saturated carbocycles. The number of hydrogen-bond acceptors (Lipinski definition) is 3. The lowest BCUT2D eigenvalue weighted by atomic mass is 10.2. The van der Waals surface area contributed by atoms with Gasteiger partial charge in [-0.05, 0) is 31.2 Å². The second kappa shape index (κ2) is 6.34. The Labute approximate surface area is 119 Å². The van der Waals surface area contributed by atoms with E-state index in [-0.39, 0.29) is 11.4 Å². The zero-order valence-electron chi connectivity index (χ0n) is 11.1. The quantitative estimate of drug-likeness (QED) is 0.871. The number of benzene rings is 1. The first-order valence-corrected chi connectivity index (χ1v) is 6.11. The Morgan fingerprint density at radius 3 is 2.38 bits per heavy atom. The van der Waals surface area contributed by atoms with Crippen LogP contribution >= 0.6 is 0 Å². The van der Waals surface area contributed by atoms with E-state index in [0.29, 0.717) is 5.69 Å². The van der Waals surface area contributed by atoms with Crippen molar-refractivity contribution in [2.24, 2.45) is 0 Å². The monoisotopic (exact) mass is 295 g/mol. The van der Waals surface area contributed by atoms with Gasteiger partial charge in [0, 0.05) is 11.9 Å². The molecule has 2 aromatic rings. The van der Waals surface area contributed by atoms with Crippen molar-refractivity contribution in [2.75, 3.05) is 11.4 Å². The summed E-state index contributed by atoms with van der Waals surface area (Å²) in [6.45, 7) is 0.887. The summed E-state index contributed by atoms with van der Waals surface area (Å²) in [6, 6.07) is 4.72. The first kappa shape index (κ1) is 15.0. The topological polar surface area (TPSA) is 46.1 Å². The van der Waals surface area contributed by atoms with Crippen LogP contribution in [0.25, 0.3) is 0 Å². The van der Waals surface area contributed by atoms with E-state index in [1.165, 1.54) is 24.5 Å². The normalized spacial score (nSPS) is 10.7. The van der Waals surface area contributed by atoms with Gasteiger partial charge in [-0.3, -0.25) is 9.78 Å². The minimum Gasteiger partial charge on any atom is -0.301 e. The van der Waals surface area contributed by atoms with E-state index in [2.05, 4.69) is 9.97 Å². The summed E-state index contributed by atoms with van der Waals surface area (Å²) >= 11 is 0. The van der Waals surface area contributed by atoms with Crippen LogP contribution in [0.2, 0.25) is 0 Å². The summed E-state index contributed by atoms with van der Waals surface area (Å²) < 4.78 is 38.3. The largest absolute Gasteiger partial charge is 0.301 e. The van der Waals surface area contributed by atoms with E-state index in [9.17, 15) is 18.0 Å². The van der Waals surface area contributed by atoms with Gasteiger partial charge >= 0.3 is 0 Å². The molecule has 0 aliphatic carbocycles. The predicted octanol–water partition coefficient (Wildman–Crippen LogP) is 2.84. The molecule has 7 heteroatoms. The molecule has 0 unspecified atom stereocenters. The highest BCUT2D eigenvalue weighted by Gasteiger charge is 2.22. The van der Waals surface area contributed by atoms with Crippen molar-refractivity contribution in [3.8, 4) is 0 Å². The number of aryl methyl sites for hydroxylation is 1. The fraction of sp³-hybridized carbons (Fsp3) is 0.214. The van der Waals surface area contributed by atoms with Gasteiger partial charge in [-0.1, -0.05) is 0 Å². The van der Waals surface area contributed by atoms with E-state index in [0.717, 1.165) is 17.0 Å². The molecule has 4 nitrogen and oxygen atoms in total. The molecule has 0 bridgehead atoms. The summed E-state index contributed by atoms with van der Waals surface area (Å²) in [5, 5.41) is 0. The molecule has 0 saturated heterocycles. The molecular formula is C14H12F3N3O. The third-order valence-electron chi connectivity index (χ3n) is 2.70. The molecule has 0 N–H and O–H groups in total. The predicted molar refractivity (Wildman–Crippen MR) is 70.8 cm³/mol. The van der Waals surface area contributed by atoms with E-state index in [4.69, 9.17) is 0 Å². The van der Waals surface area contributed by atoms with Gasteiger partial charge in [0.25, 0.3) is 12.3 Å². The number of rotatable bonds is 4. The van der Waals surface area contributed by atoms with Crippen molar-refractivity contribution in [2.45, 2.75) is 13.3 Å². The maximum Gasteiger partial charge on any atom is 0.278 e. The highest BCUT2D eigenvalue weighted by atomic mass is 19.3. The smallest absolute Gasteiger partial charge is 0.278 e. The van der Waals surface area contributed by atoms with Gasteiger partial charge in [-0.15, -0.1) is 0 Å². The summed E-state index contributed by atoms with van der Waals surface area (Å²) in [7, 11) is 0. The number of alkyl halides is 2. The summed E-state index contributed by atoms with van der Waals surface area (Å²) in [6.07, 6.45) is -0.129. The van der Waals surface area contributed by atoms with E-state index < -0.39 is 24.7 Å². The molecule has 1 aromatic heterocycles. The Kier molecular flexibility index (Phi) is 4.52. The first-order chi connectivity index (χ1) is 9.97.